The Labute approximate surface area is 169 Å². The van der Waals surface area contributed by atoms with E-state index in [1.807, 2.05) is 0 Å². The van der Waals surface area contributed by atoms with E-state index in [0.29, 0.717) is 19.4 Å². The van der Waals surface area contributed by atoms with E-state index in [0.717, 1.165) is 0 Å². The van der Waals surface area contributed by atoms with E-state index >= 15 is 0 Å². The summed E-state index contributed by atoms with van der Waals surface area (Å²) in [5.74, 6) is -3.40. The molecule has 4 amide bonds. The first kappa shape index (κ1) is 24.3. The van der Waals surface area contributed by atoms with Crippen molar-refractivity contribution in [2.45, 2.75) is 64.7 Å². The topological polar surface area (TPSA) is 171 Å². The molecule has 1 heterocycles. The number of carboxylic acid groups (broad SMARTS) is 1. The molecular formula is C18H31N5O6. The van der Waals surface area contributed by atoms with Crippen LogP contribution in [0.25, 0.3) is 0 Å². The van der Waals surface area contributed by atoms with Crippen molar-refractivity contribution in [3.05, 3.63) is 0 Å². The van der Waals surface area contributed by atoms with Crippen molar-refractivity contribution in [3.8, 4) is 0 Å². The van der Waals surface area contributed by atoms with E-state index < -0.39 is 53.8 Å². The van der Waals surface area contributed by atoms with Crippen LogP contribution in [-0.4, -0.2) is 76.9 Å². The molecule has 1 fully saturated rings. The zero-order valence-corrected chi connectivity index (χ0v) is 17.2. The average molecular weight is 413 g/mol. The number of hydrogen-bond donors (Lipinski definition) is 5. The van der Waals surface area contributed by atoms with Gasteiger partial charge in [0.2, 0.25) is 23.6 Å². The smallest absolute Gasteiger partial charge is 0.325 e. The summed E-state index contributed by atoms with van der Waals surface area (Å²) in [7, 11) is 0. The van der Waals surface area contributed by atoms with Crippen LogP contribution in [0.15, 0.2) is 0 Å². The Morgan fingerprint density at radius 2 is 1.69 bits per heavy atom. The van der Waals surface area contributed by atoms with Crippen molar-refractivity contribution < 1.29 is 29.1 Å². The van der Waals surface area contributed by atoms with E-state index in [-0.39, 0.29) is 12.5 Å². The maximum atomic E-state index is 12.5. The lowest BCUT2D eigenvalue weighted by Gasteiger charge is -2.26. The molecule has 1 aliphatic rings. The number of hydrogen-bond acceptors (Lipinski definition) is 6. The molecular weight excluding hydrogens is 382 g/mol. The van der Waals surface area contributed by atoms with Gasteiger partial charge in [-0.15, -0.1) is 0 Å². The quantitative estimate of drug-likeness (QED) is 0.296. The Kier molecular flexibility index (Phi) is 9.02. The molecule has 6 N–H and O–H groups in total. The number of amides is 4. The number of carbonyl (C=O) groups is 5. The molecule has 1 rings (SSSR count). The first-order valence-corrected chi connectivity index (χ1v) is 9.62. The van der Waals surface area contributed by atoms with Crippen LogP contribution in [0.3, 0.4) is 0 Å². The molecule has 0 saturated carbocycles. The molecule has 0 aromatic rings. The number of nitrogens with one attached hydrogen (secondary N) is 3. The molecule has 0 radical (unpaired) electrons. The molecule has 11 nitrogen and oxygen atoms in total. The summed E-state index contributed by atoms with van der Waals surface area (Å²) >= 11 is 0. The lowest BCUT2D eigenvalue weighted by molar-refractivity contribution is -0.143. The number of rotatable bonds is 9. The van der Waals surface area contributed by atoms with E-state index in [4.69, 9.17) is 10.8 Å². The highest BCUT2D eigenvalue weighted by atomic mass is 16.4. The van der Waals surface area contributed by atoms with Crippen LogP contribution >= 0.6 is 0 Å². The number of nitrogens with zero attached hydrogens (tertiary/aromatic N) is 1. The van der Waals surface area contributed by atoms with Crippen LogP contribution in [0.5, 0.6) is 0 Å². The summed E-state index contributed by atoms with van der Waals surface area (Å²) in [4.78, 5) is 61.2. The van der Waals surface area contributed by atoms with Crippen molar-refractivity contribution in [2.24, 2.45) is 11.7 Å². The third-order valence-corrected chi connectivity index (χ3v) is 4.68. The maximum absolute atomic E-state index is 12.5. The van der Waals surface area contributed by atoms with Gasteiger partial charge in [0, 0.05) is 6.54 Å². The van der Waals surface area contributed by atoms with Crippen LogP contribution in [0.2, 0.25) is 0 Å². The highest BCUT2D eigenvalue weighted by Gasteiger charge is 2.35. The normalized spacial score (nSPS) is 19.2. The monoisotopic (exact) mass is 413 g/mol. The van der Waals surface area contributed by atoms with Crippen LogP contribution < -0.4 is 21.7 Å². The lowest BCUT2D eigenvalue weighted by atomic mass is 10.0. The Balaban J connectivity index is 2.67. The molecule has 1 aliphatic heterocycles. The first-order valence-electron chi connectivity index (χ1n) is 9.62. The Morgan fingerprint density at radius 1 is 1.07 bits per heavy atom. The van der Waals surface area contributed by atoms with Crippen molar-refractivity contribution in [2.75, 3.05) is 13.1 Å². The third kappa shape index (κ3) is 7.00. The van der Waals surface area contributed by atoms with Gasteiger partial charge in [-0.25, -0.2) is 0 Å². The highest BCUT2D eigenvalue weighted by Crippen LogP contribution is 2.17. The maximum Gasteiger partial charge on any atom is 0.325 e. The molecule has 4 atom stereocenters. The number of nitrogens with two attached hydrogens (primary N) is 1. The summed E-state index contributed by atoms with van der Waals surface area (Å²) in [5, 5.41) is 16.3. The van der Waals surface area contributed by atoms with Gasteiger partial charge in [0.25, 0.3) is 0 Å². The zero-order valence-electron chi connectivity index (χ0n) is 17.2. The Bertz CT molecular complexity index is 651. The van der Waals surface area contributed by atoms with Crippen molar-refractivity contribution in [1.82, 2.24) is 20.9 Å². The molecule has 0 bridgehead atoms. The molecule has 0 unspecified atom stereocenters. The number of aliphatic carboxylic acids is 1. The van der Waals surface area contributed by atoms with Crippen LogP contribution in [-0.2, 0) is 24.0 Å². The van der Waals surface area contributed by atoms with Crippen molar-refractivity contribution >= 4 is 29.6 Å². The van der Waals surface area contributed by atoms with Crippen molar-refractivity contribution in [3.63, 3.8) is 0 Å². The van der Waals surface area contributed by atoms with E-state index in [2.05, 4.69) is 16.0 Å². The van der Waals surface area contributed by atoms with E-state index in [9.17, 15) is 24.0 Å². The fourth-order valence-electron chi connectivity index (χ4n) is 2.90. The fraction of sp³-hybridized carbons (Fsp3) is 0.722. The van der Waals surface area contributed by atoms with Gasteiger partial charge >= 0.3 is 5.97 Å². The molecule has 1 saturated heterocycles. The minimum Gasteiger partial charge on any atom is -0.480 e. The highest BCUT2D eigenvalue weighted by molar-refractivity contribution is 5.94. The third-order valence-electron chi connectivity index (χ3n) is 4.68. The van der Waals surface area contributed by atoms with Crippen LogP contribution in [0.4, 0.5) is 0 Å². The van der Waals surface area contributed by atoms with Gasteiger partial charge in [-0.2, -0.15) is 0 Å². The lowest BCUT2D eigenvalue weighted by Crippen LogP contribution is -2.55. The minimum absolute atomic E-state index is 0.226. The Morgan fingerprint density at radius 3 is 2.21 bits per heavy atom. The van der Waals surface area contributed by atoms with Gasteiger partial charge in [-0.05, 0) is 32.6 Å². The summed E-state index contributed by atoms with van der Waals surface area (Å²) in [6.07, 6.45) is 1.01. The molecule has 164 valence electrons. The van der Waals surface area contributed by atoms with Gasteiger partial charge < -0.3 is 31.7 Å². The standard InChI is InChI=1S/C18H31N5O6/c1-9(2)14(22-15(25)10(3)19)17(27)20-8-13(24)23-7-5-6-12(23)16(26)21-11(4)18(28)29/h9-12,14H,5-8,19H2,1-4H3,(H,20,27)(H,21,26)(H,22,25)(H,28,29)/t10-,11-,12-,14-/m0/s1. The van der Waals surface area contributed by atoms with Gasteiger partial charge in [-0.3, -0.25) is 24.0 Å². The average Bonchev–Trinajstić information content (AvgIpc) is 3.13. The summed E-state index contributed by atoms with van der Waals surface area (Å²) in [6, 6.07) is -3.47. The van der Waals surface area contributed by atoms with E-state index in [1.54, 1.807) is 13.8 Å². The van der Waals surface area contributed by atoms with Crippen molar-refractivity contribution in [1.29, 1.82) is 0 Å². The molecule has 11 heteroatoms. The predicted octanol–water partition coefficient (Wildman–Crippen LogP) is -1.83. The number of carbonyl (C=O) groups excluding carboxylic acids is 4. The minimum atomic E-state index is -1.17. The van der Waals surface area contributed by atoms with Gasteiger partial charge in [-0.1, -0.05) is 13.8 Å². The molecule has 0 spiro atoms. The van der Waals surface area contributed by atoms with Crippen LogP contribution in [0, 0.1) is 5.92 Å². The predicted molar refractivity (Wildman–Crippen MR) is 103 cm³/mol. The number of likely N-dealkylation sites (tertiary alicyclic amines) is 1. The Hall–Kier alpha value is -2.69. The second kappa shape index (κ2) is 10.7. The van der Waals surface area contributed by atoms with Crippen LogP contribution in [0.1, 0.15) is 40.5 Å². The molecule has 0 aromatic heterocycles. The SMILES string of the molecule is CC(C)[C@H](NC(=O)[C@H](C)N)C(=O)NCC(=O)N1CCC[C@H]1C(=O)N[C@@H](C)C(=O)O. The summed E-state index contributed by atoms with van der Waals surface area (Å²) in [6.45, 7) is 6.33. The van der Waals surface area contributed by atoms with Gasteiger partial charge in [0.1, 0.15) is 18.1 Å². The largest absolute Gasteiger partial charge is 0.480 e. The number of carboxylic acids is 1. The zero-order chi connectivity index (χ0) is 22.3. The summed E-state index contributed by atoms with van der Waals surface area (Å²) in [5.41, 5.74) is 5.51. The van der Waals surface area contributed by atoms with E-state index in [1.165, 1.54) is 18.7 Å². The summed E-state index contributed by atoms with van der Waals surface area (Å²) < 4.78 is 0. The molecule has 29 heavy (non-hydrogen) atoms. The second-order valence-electron chi connectivity index (χ2n) is 7.55. The first-order chi connectivity index (χ1) is 13.5. The van der Waals surface area contributed by atoms with Gasteiger partial charge in [0.05, 0.1) is 12.6 Å². The molecule has 0 aliphatic carbocycles. The second-order valence-corrected chi connectivity index (χ2v) is 7.55. The van der Waals surface area contributed by atoms with Gasteiger partial charge in [0.15, 0.2) is 0 Å². The molecule has 0 aromatic carbocycles. The fourth-order valence-corrected chi connectivity index (χ4v) is 2.90.